The first-order valence-electron chi connectivity index (χ1n) is 10.8. The van der Waals surface area contributed by atoms with Gasteiger partial charge in [-0.1, -0.05) is 13.8 Å². The van der Waals surface area contributed by atoms with Crippen molar-refractivity contribution in [2.24, 2.45) is 28.1 Å². The summed E-state index contributed by atoms with van der Waals surface area (Å²) in [5.41, 5.74) is 18.1. The summed E-state index contributed by atoms with van der Waals surface area (Å²) in [7, 11) is -2.60. The lowest BCUT2D eigenvalue weighted by Gasteiger charge is -2.22. The predicted octanol–water partition coefficient (Wildman–Crippen LogP) is 0.833. The number of nitrogens with two attached hydrogens (primary N) is 3. The molecule has 0 fully saturated rings. The van der Waals surface area contributed by atoms with E-state index in [1.165, 1.54) is 7.11 Å². The molecule has 33 heavy (non-hydrogen) atoms. The van der Waals surface area contributed by atoms with Crippen molar-refractivity contribution in [2.45, 2.75) is 70.9 Å². The zero-order valence-electron chi connectivity index (χ0n) is 20.3. The van der Waals surface area contributed by atoms with Gasteiger partial charge in [0.15, 0.2) is 5.96 Å². The Hall–Kier alpha value is -2.50. The lowest BCUT2D eigenvalue weighted by molar-refractivity contribution is -0.138. The van der Waals surface area contributed by atoms with Gasteiger partial charge in [0.2, 0.25) is 21.6 Å². The molecule has 0 spiro atoms. The number of Topliss-reactive ketones (excluding diaryl/α,β-unsaturated/α-hetero) is 2. The summed E-state index contributed by atoms with van der Waals surface area (Å²) in [5.74, 6) is -1.24. The number of methoxy groups -OCH3 is 1. The van der Waals surface area contributed by atoms with Crippen LogP contribution < -0.4 is 26.7 Å². The van der Waals surface area contributed by atoms with E-state index in [-0.39, 0.29) is 36.2 Å². The summed E-state index contributed by atoms with van der Waals surface area (Å²) >= 11 is 0. The minimum Gasteiger partial charge on any atom is -0.496 e. The maximum Gasteiger partial charge on any atom is 0.241 e. The van der Waals surface area contributed by atoms with Gasteiger partial charge in [-0.3, -0.25) is 14.6 Å². The number of ketones is 2. The molecule has 11 heteroatoms. The maximum absolute atomic E-state index is 13.3. The molecule has 0 heterocycles. The van der Waals surface area contributed by atoms with Crippen molar-refractivity contribution >= 4 is 27.5 Å². The monoisotopic (exact) mass is 483 g/mol. The third-order valence-corrected chi connectivity index (χ3v) is 7.10. The molecule has 186 valence electrons. The number of ether oxygens (including phenoxy) is 1. The van der Waals surface area contributed by atoms with Gasteiger partial charge in [0.25, 0.3) is 0 Å². The van der Waals surface area contributed by atoms with Gasteiger partial charge in [0.1, 0.15) is 5.75 Å². The second kappa shape index (κ2) is 12.1. The van der Waals surface area contributed by atoms with E-state index in [0.717, 1.165) is 0 Å². The molecule has 1 aromatic carbocycles. The second-order valence-corrected chi connectivity index (χ2v) is 10.2. The molecule has 7 N–H and O–H groups in total. The number of nitrogens with one attached hydrogen (secondary N) is 1. The van der Waals surface area contributed by atoms with E-state index >= 15 is 0 Å². The van der Waals surface area contributed by atoms with Crippen LogP contribution in [0.5, 0.6) is 5.75 Å². The third-order valence-electron chi connectivity index (χ3n) is 5.34. The summed E-state index contributed by atoms with van der Waals surface area (Å²) < 4.78 is 34.4. The van der Waals surface area contributed by atoms with Gasteiger partial charge in [-0.25, -0.2) is 13.1 Å². The van der Waals surface area contributed by atoms with Gasteiger partial charge >= 0.3 is 0 Å². The van der Waals surface area contributed by atoms with Crippen molar-refractivity contribution < 1.29 is 22.7 Å². The van der Waals surface area contributed by atoms with Crippen LogP contribution in [-0.2, 0) is 19.6 Å². The van der Waals surface area contributed by atoms with E-state index in [2.05, 4.69) is 9.71 Å². The molecular weight excluding hydrogens is 446 g/mol. The van der Waals surface area contributed by atoms with Gasteiger partial charge < -0.3 is 21.9 Å². The molecule has 0 amide bonds. The Balaban J connectivity index is 3.17. The van der Waals surface area contributed by atoms with Gasteiger partial charge in [-0.05, 0) is 68.7 Å². The van der Waals surface area contributed by atoms with E-state index in [0.29, 0.717) is 28.9 Å². The fourth-order valence-electron chi connectivity index (χ4n) is 3.58. The van der Waals surface area contributed by atoms with E-state index in [9.17, 15) is 18.0 Å². The van der Waals surface area contributed by atoms with Crippen molar-refractivity contribution in [3.05, 3.63) is 22.8 Å². The molecular formula is C22H37N5O5S. The summed E-state index contributed by atoms with van der Waals surface area (Å²) in [6.07, 6.45) is 0.748. The molecule has 0 saturated carbocycles. The number of hydrogen-bond donors (Lipinski definition) is 4. The molecule has 0 aliphatic rings. The Labute approximate surface area is 196 Å². The fraction of sp³-hybridized carbons (Fsp3) is 0.591. The van der Waals surface area contributed by atoms with Crippen molar-refractivity contribution in [3.63, 3.8) is 0 Å². The molecule has 0 aromatic heterocycles. The summed E-state index contributed by atoms with van der Waals surface area (Å²) in [6.45, 7) is 9.03. The Morgan fingerprint density at radius 3 is 2.24 bits per heavy atom. The Morgan fingerprint density at radius 1 is 1.12 bits per heavy atom. The number of rotatable bonds is 13. The molecule has 1 aromatic rings. The zero-order valence-corrected chi connectivity index (χ0v) is 21.1. The highest BCUT2D eigenvalue weighted by atomic mass is 32.2. The van der Waals surface area contributed by atoms with Gasteiger partial charge in [-0.2, -0.15) is 0 Å². The Bertz CT molecular complexity index is 1000. The van der Waals surface area contributed by atoms with Crippen molar-refractivity contribution in [1.29, 1.82) is 0 Å². The van der Waals surface area contributed by atoms with Crippen LogP contribution in [-0.4, -0.2) is 51.7 Å². The third kappa shape index (κ3) is 7.79. The first kappa shape index (κ1) is 28.5. The van der Waals surface area contributed by atoms with Gasteiger partial charge in [0.05, 0.1) is 24.1 Å². The van der Waals surface area contributed by atoms with Crippen LogP contribution in [0.2, 0.25) is 0 Å². The Morgan fingerprint density at radius 2 is 1.73 bits per heavy atom. The normalized spacial score (nSPS) is 13.5. The number of carbonyl (C=O) groups excluding carboxylic acids is 2. The van der Waals surface area contributed by atoms with Crippen LogP contribution in [0.3, 0.4) is 0 Å². The summed E-state index contributed by atoms with van der Waals surface area (Å²) in [5, 5.41) is 0. The lowest BCUT2D eigenvalue weighted by atomic mass is 9.95. The number of nitrogens with zero attached hydrogens (tertiary/aromatic N) is 1. The average molecular weight is 484 g/mol. The molecule has 0 bridgehead atoms. The molecule has 0 aliphatic heterocycles. The number of carbonyl (C=O) groups is 2. The molecule has 0 unspecified atom stereocenters. The second-order valence-electron chi connectivity index (χ2n) is 8.56. The smallest absolute Gasteiger partial charge is 0.241 e. The van der Waals surface area contributed by atoms with Crippen molar-refractivity contribution in [2.75, 3.05) is 13.7 Å². The highest BCUT2D eigenvalue weighted by Crippen LogP contribution is 2.30. The molecule has 0 aliphatic carbocycles. The largest absolute Gasteiger partial charge is 0.496 e. The van der Waals surface area contributed by atoms with E-state index in [4.69, 9.17) is 21.9 Å². The number of sulfonamides is 1. The van der Waals surface area contributed by atoms with Crippen molar-refractivity contribution in [1.82, 2.24) is 4.72 Å². The number of hydrogen-bond acceptors (Lipinski definition) is 7. The van der Waals surface area contributed by atoms with Crippen LogP contribution in [0.4, 0.5) is 0 Å². The summed E-state index contributed by atoms with van der Waals surface area (Å²) in [6, 6.07) is -0.668. The fourth-order valence-corrected chi connectivity index (χ4v) is 5.31. The number of aryl methyl sites for hydroxylation is 1. The number of aliphatic imine (C=N–C) groups is 1. The number of benzene rings is 1. The molecule has 10 nitrogen and oxygen atoms in total. The summed E-state index contributed by atoms with van der Waals surface area (Å²) in [4.78, 5) is 29.5. The van der Waals surface area contributed by atoms with E-state index in [1.54, 1.807) is 26.8 Å². The maximum atomic E-state index is 13.3. The zero-order chi connectivity index (χ0) is 25.5. The first-order valence-corrected chi connectivity index (χ1v) is 12.3. The molecule has 1 rings (SSSR count). The van der Waals surface area contributed by atoms with Crippen LogP contribution in [0.25, 0.3) is 0 Å². The van der Waals surface area contributed by atoms with Crippen LogP contribution in [0, 0.1) is 26.7 Å². The first-order chi connectivity index (χ1) is 15.2. The van der Waals surface area contributed by atoms with Gasteiger partial charge in [-0.15, -0.1) is 0 Å². The highest BCUT2D eigenvalue weighted by Gasteiger charge is 2.34. The SMILES string of the molecule is COc1cc(C)c(S(=O)(=O)N[C@@H](CC(C)C)C(=O)C(=O)[C@@H](N)CCCN=C(N)N)c(C)c1C. The minimum atomic E-state index is -4.11. The quantitative estimate of drug-likeness (QED) is 0.138. The molecule has 2 atom stereocenters. The van der Waals surface area contributed by atoms with Crippen LogP contribution >= 0.6 is 0 Å². The van der Waals surface area contributed by atoms with Crippen molar-refractivity contribution in [3.8, 4) is 5.75 Å². The lowest BCUT2D eigenvalue weighted by Crippen LogP contribution is -2.49. The number of guanidine groups is 1. The van der Waals surface area contributed by atoms with E-state index < -0.39 is 33.7 Å². The van der Waals surface area contributed by atoms with Gasteiger partial charge in [0, 0.05) is 6.54 Å². The minimum absolute atomic E-state index is 0.0488. The average Bonchev–Trinajstić information content (AvgIpc) is 2.71. The molecule has 0 radical (unpaired) electrons. The van der Waals surface area contributed by atoms with E-state index in [1.807, 2.05) is 13.8 Å². The Kier molecular flexibility index (Phi) is 10.5. The standard InChI is InChI=1S/C22H37N5O5S/c1-12(2)10-17(20(29)19(28)16(23)8-7-9-26-22(24)25)27-33(30,31)21-13(3)11-18(32-6)14(4)15(21)5/h11-12,16-17,27H,7-10,23H2,1-6H3,(H4,24,25,26)/t16-,17-/m0/s1. The van der Waals surface area contributed by atoms with Crippen LogP contribution in [0.1, 0.15) is 49.8 Å². The van der Waals surface area contributed by atoms with Crippen LogP contribution in [0.15, 0.2) is 16.0 Å². The molecule has 0 saturated heterocycles. The topological polar surface area (TPSA) is 180 Å². The highest BCUT2D eigenvalue weighted by molar-refractivity contribution is 7.89. The predicted molar refractivity (Wildman–Crippen MR) is 129 cm³/mol.